The zero-order valence-electron chi connectivity index (χ0n) is 33.7. The van der Waals surface area contributed by atoms with Crippen LogP contribution in [-0.4, -0.2) is 17.3 Å². The summed E-state index contributed by atoms with van der Waals surface area (Å²) in [4.78, 5) is 33.8. The van der Waals surface area contributed by atoms with E-state index >= 15 is 0 Å². The summed E-state index contributed by atoms with van der Waals surface area (Å²) in [5.74, 6) is 2.43. The molecule has 0 saturated heterocycles. The minimum Gasteiger partial charge on any atom is -0.289 e. The topological polar surface area (TPSA) is 51.2 Å². The first-order valence-corrected chi connectivity index (χ1v) is 18.6. The number of fused-ring (bicyclic) bond motifs is 2. The Labute approximate surface area is 302 Å². The van der Waals surface area contributed by atoms with Crippen LogP contribution < -0.4 is 0 Å². The van der Waals surface area contributed by atoms with Gasteiger partial charge < -0.3 is 0 Å². The van der Waals surface area contributed by atoms with Gasteiger partial charge in [0, 0.05) is 22.3 Å². The fourth-order valence-electron chi connectivity index (χ4n) is 3.70. The van der Waals surface area contributed by atoms with Gasteiger partial charge in [-0.15, -0.1) is 0 Å². The Kier molecular flexibility index (Phi) is 31.8. The molecule has 5 rings (SSSR count). The Morgan fingerprint density at radius 1 is 0.592 bits per heavy atom. The molecule has 3 heteroatoms. The second-order valence-corrected chi connectivity index (χ2v) is 12.0. The molecule has 0 aromatic heterocycles. The van der Waals surface area contributed by atoms with E-state index in [1.807, 2.05) is 71.9 Å². The molecule has 0 radical (unpaired) electrons. The van der Waals surface area contributed by atoms with Gasteiger partial charge in [0.1, 0.15) is 0 Å². The minimum atomic E-state index is -0.0924. The molecule has 3 aliphatic rings. The molecule has 3 aliphatic carbocycles. The molecule has 0 amide bonds. The van der Waals surface area contributed by atoms with Crippen molar-refractivity contribution in [3.8, 4) is 0 Å². The van der Waals surface area contributed by atoms with E-state index in [1.54, 1.807) is 35.9 Å². The predicted octanol–water partition coefficient (Wildman–Crippen LogP) is 14.2. The minimum absolute atomic E-state index is 0.0353. The van der Waals surface area contributed by atoms with E-state index in [0.29, 0.717) is 16.7 Å². The number of Topliss-reactive ketones (excluding diaryl/α,β-unsaturated/α-hetero) is 1. The van der Waals surface area contributed by atoms with E-state index in [9.17, 15) is 14.4 Å². The molecule has 0 N–H and O–H groups in total. The average molecular weight is 671 g/mol. The maximum Gasteiger partial charge on any atom is 0.193 e. The van der Waals surface area contributed by atoms with Crippen LogP contribution in [0.3, 0.4) is 0 Å². The number of carbonyl (C=O) groups is 3. The fourth-order valence-corrected chi connectivity index (χ4v) is 3.70. The molecule has 0 aliphatic heterocycles. The monoisotopic (exact) mass is 671 g/mol. The van der Waals surface area contributed by atoms with Crippen molar-refractivity contribution in [3.63, 3.8) is 0 Å². The van der Waals surface area contributed by atoms with E-state index in [-0.39, 0.29) is 17.3 Å². The first-order valence-electron chi connectivity index (χ1n) is 18.6. The van der Waals surface area contributed by atoms with Gasteiger partial charge in [0.05, 0.1) is 0 Å². The molecule has 2 aromatic rings. The Balaban J connectivity index is -0.000000540. The smallest absolute Gasteiger partial charge is 0.193 e. The molecule has 0 heterocycles. The van der Waals surface area contributed by atoms with E-state index < -0.39 is 0 Å². The van der Waals surface area contributed by atoms with E-state index in [0.717, 1.165) is 28.9 Å². The van der Waals surface area contributed by atoms with E-state index in [4.69, 9.17) is 0 Å². The predicted molar refractivity (Wildman–Crippen MR) is 219 cm³/mol. The van der Waals surface area contributed by atoms with E-state index in [1.165, 1.54) is 37.8 Å². The molecule has 0 unspecified atom stereocenters. The zero-order chi connectivity index (χ0) is 38.4. The van der Waals surface area contributed by atoms with Crippen LogP contribution in [0.15, 0.2) is 103 Å². The maximum absolute atomic E-state index is 11.5. The van der Waals surface area contributed by atoms with Gasteiger partial charge in [-0.3, -0.25) is 14.4 Å². The number of rotatable bonds is 4. The third-order valence-electron chi connectivity index (χ3n) is 6.96. The Morgan fingerprint density at radius 3 is 1.37 bits per heavy atom. The van der Waals surface area contributed by atoms with Crippen LogP contribution in [0.25, 0.3) is 6.08 Å². The second kappa shape index (κ2) is 31.4. The third-order valence-corrected chi connectivity index (χ3v) is 6.96. The molecule has 0 spiro atoms. The highest BCUT2D eigenvalue weighted by molar-refractivity contribution is 6.22. The van der Waals surface area contributed by atoms with Crippen LogP contribution in [-0.2, 0) is 0 Å². The lowest BCUT2D eigenvalue weighted by molar-refractivity contribution is 0.0994. The Hall–Kier alpha value is -3.85. The first kappa shape index (κ1) is 49.5. The summed E-state index contributed by atoms with van der Waals surface area (Å²) in [6.07, 6.45) is 18.0. The molecule has 3 nitrogen and oxygen atoms in total. The molecule has 272 valence electrons. The van der Waals surface area contributed by atoms with Crippen molar-refractivity contribution in [1.82, 2.24) is 0 Å². The highest BCUT2D eigenvalue weighted by atomic mass is 16.1. The van der Waals surface area contributed by atoms with Crippen molar-refractivity contribution in [2.24, 2.45) is 17.8 Å². The maximum atomic E-state index is 11.5. The van der Waals surface area contributed by atoms with Gasteiger partial charge in [-0.1, -0.05) is 201 Å². The summed E-state index contributed by atoms with van der Waals surface area (Å²) in [7, 11) is 0. The van der Waals surface area contributed by atoms with Crippen LogP contribution in [0.5, 0.6) is 0 Å². The second-order valence-electron chi connectivity index (χ2n) is 12.0. The molecule has 0 saturated carbocycles. The van der Waals surface area contributed by atoms with Crippen molar-refractivity contribution < 1.29 is 14.4 Å². The number of carbonyl (C=O) groups excluding carboxylic acids is 3. The van der Waals surface area contributed by atoms with Crippen LogP contribution in [0.4, 0.5) is 0 Å². The molecular weight excluding hydrogens is 601 g/mol. The molecule has 0 atom stereocenters. The van der Waals surface area contributed by atoms with Crippen LogP contribution >= 0.6 is 0 Å². The Morgan fingerprint density at radius 2 is 1.00 bits per heavy atom. The lowest BCUT2D eigenvalue weighted by atomic mass is 9.94. The summed E-state index contributed by atoms with van der Waals surface area (Å²) in [6.45, 7) is 33.5. The van der Waals surface area contributed by atoms with Gasteiger partial charge >= 0.3 is 0 Å². The standard InChI is InChI=1S/C11H8O.C10H6O2.C9H14.2C5H12.3C2H6/c1-8-6-7-9-4-2-3-5-10(9)11(8)12;11-9-5-6-10(12)8-4-2-1-3-7(8)9;1-8(2)7-9-5-3-4-6-9;2*1-4-5(2)3;3*1-2/h2-7H,1H2;1-6H;3-5,8H,6-7H2,1-2H3;2*5H,4H2,1-3H3;3*1-2H3. The number of ketones is 3. The summed E-state index contributed by atoms with van der Waals surface area (Å²) in [5, 5.41) is 0. The van der Waals surface area contributed by atoms with Crippen molar-refractivity contribution in [2.75, 3.05) is 0 Å². The summed E-state index contributed by atoms with van der Waals surface area (Å²) in [5.41, 5.74) is 4.90. The fraction of sp³-hybridized carbons (Fsp3) is 0.457. The van der Waals surface area contributed by atoms with Crippen molar-refractivity contribution >= 4 is 23.4 Å². The molecule has 2 aromatic carbocycles. The van der Waals surface area contributed by atoms with Gasteiger partial charge in [-0.25, -0.2) is 0 Å². The van der Waals surface area contributed by atoms with Gasteiger partial charge in [0.25, 0.3) is 0 Å². The quantitative estimate of drug-likeness (QED) is 0.304. The molecule has 49 heavy (non-hydrogen) atoms. The van der Waals surface area contributed by atoms with Crippen molar-refractivity contribution in [2.45, 2.75) is 123 Å². The van der Waals surface area contributed by atoms with Crippen LogP contribution in [0.1, 0.15) is 159 Å². The lowest BCUT2D eigenvalue weighted by Crippen LogP contribution is -2.10. The highest BCUT2D eigenvalue weighted by Crippen LogP contribution is 2.21. The number of benzene rings is 2. The number of hydrogen-bond acceptors (Lipinski definition) is 3. The number of allylic oxidation sites excluding steroid dienone is 8. The highest BCUT2D eigenvalue weighted by Gasteiger charge is 2.17. The Bertz CT molecular complexity index is 1280. The third kappa shape index (κ3) is 22.4. The lowest BCUT2D eigenvalue weighted by Gasteiger charge is -2.09. The van der Waals surface area contributed by atoms with Crippen molar-refractivity contribution in [1.29, 1.82) is 0 Å². The molecular formula is C46H70O3. The largest absolute Gasteiger partial charge is 0.289 e. The van der Waals surface area contributed by atoms with Gasteiger partial charge in [-0.2, -0.15) is 0 Å². The molecule has 0 fully saturated rings. The van der Waals surface area contributed by atoms with Crippen molar-refractivity contribution in [3.05, 3.63) is 125 Å². The zero-order valence-corrected chi connectivity index (χ0v) is 33.7. The SMILES string of the molecule is C=C1C=Cc2ccccc2C1=O.CC.CC.CC.CC(C)CC1=CC=CC1.CCC(C)C.CCC(C)C.O=C1C=CC(=O)c2ccccc21. The summed E-state index contributed by atoms with van der Waals surface area (Å²) >= 11 is 0. The van der Waals surface area contributed by atoms with Gasteiger partial charge in [0.2, 0.25) is 0 Å². The van der Waals surface area contributed by atoms with Crippen LogP contribution in [0.2, 0.25) is 0 Å². The van der Waals surface area contributed by atoms with Gasteiger partial charge in [0.15, 0.2) is 17.3 Å². The van der Waals surface area contributed by atoms with E-state index in [2.05, 4.69) is 80.2 Å². The van der Waals surface area contributed by atoms with Gasteiger partial charge in [-0.05, 0) is 48.3 Å². The van der Waals surface area contributed by atoms with Crippen LogP contribution in [0, 0.1) is 17.8 Å². The number of hydrogen-bond donors (Lipinski definition) is 0. The first-order chi connectivity index (χ1) is 23.4. The summed E-state index contributed by atoms with van der Waals surface area (Å²) in [6, 6.07) is 14.4. The average Bonchev–Trinajstić information content (AvgIpc) is 3.64. The normalized spacial score (nSPS) is 12.6. The summed E-state index contributed by atoms with van der Waals surface area (Å²) < 4.78 is 0. The molecule has 0 bridgehead atoms.